The quantitative estimate of drug-likeness (QED) is 0.157. The van der Waals surface area contributed by atoms with Gasteiger partial charge in [-0.3, -0.25) is 0 Å². The van der Waals surface area contributed by atoms with E-state index in [1.54, 1.807) is 0 Å². The zero-order chi connectivity index (χ0) is 35.4. The van der Waals surface area contributed by atoms with Crippen molar-refractivity contribution in [3.8, 4) is 17.0 Å². The Labute approximate surface area is 299 Å². The van der Waals surface area contributed by atoms with E-state index in [-0.39, 0.29) is 0 Å². The van der Waals surface area contributed by atoms with Crippen LogP contribution in [0.1, 0.15) is 39.1 Å². The number of aryl methyl sites for hydroxylation is 6. The van der Waals surface area contributed by atoms with Crippen molar-refractivity contribution in [1.82, 2.24) is 9.38 Å². The molecule has 0 radical (unpaired) electrons. The maximum absolute atomic E-state index is 16.5. The van der Waals surface area contributed by atoms with Gasteiger partial charge in [0.25, 0.3) is 0 Å². The van der Waals surface area contributed by atoms with Crippen molar-refractivity contribution in [2.75, 3.05) is 0 Å². The predicted molar refractivity (Wildman–Crippen MR) is 214 cm³/mol. The fourth-order valence-electron chi connectivity index (χ4n) is 7.82. The van der Waals surface area contributed by atoms with Crippen LogP contribution < -0.4 is 20.7 Å². The van der Waals surface area contributed by atoms with Gasteiger partial charge in [0.1, 0.15) is 12.4 Å². The van der Waals surface area contributed by atoms with Gasteiger partial charge < -0.3 is 13.7 Å². The second-order valence-electron chi connectivity index (χ2n) is 14.0. The molecule has 252 valence electrons. The van der Waals surface area contributed by atoms with E-state index in [9.17, 15) is 0 Å². The summed E-state index contributed by atoms with van der Waals surface area (Å²) in [7, 11) is -3.45. The molecule has 5 heteroatoms. The van der Waals surface area contributed by atoms with Crippen molar-refractivity contribution < 1.29 is 9.30 Å². The molecule has 0 aliphatic rings. The van der Waals surface area contributed by atoms with Crippen LogP contribution in [0.15, 0.2) is 127 Å². The molecule has 0 aliphatic heterocycles. The minimum absolute atomic E-state index is 0.482. The Morgan fingerprint density at radius 2 is 1.27 bits per heavy atom. The lowest BCUT2D eigenvalue weighted by Crippen LogP contribution is -2.28. The van der Waals surface area contributed by atoms with Crippen molar-refractivity contribution in [2.45, 2.75) is 48.1 Å². The molecule has 0 saturated carbocycles. The van der Waals surface area contributed by atoms with Crippen LogP contribution in [0.25, 0.3) is 38.6 Å². The summed E-state index contributed by atoms with van der Waals surface area (Å²) in [5, 5.41) is 4.57. The summed E-state index contributed by atoms with van der Waals surface area (Å²) in [6.45, 7) is 13.1. The molecule has 0 aliphatic carbocycles. The Kier molecular flexibility index (Phi) is 8.16. The first-order valence-corrected chi connectivity index (χ1v) is 19.2. The molecule has 8 rings (SSSR count). The highest BCUT2D eigenvalue weighted by Gasteiger charge is 2.35. The first-order valence-electron chi connectivity index (χ1n) is 17.5. The SMILES string of the molecule is Cc1cc(C)cc(P(=O)(c2cc(C)cc(C)c2)c2ccc3ccccc3c2-c2nc3ccc(OCc4ccccc4)cc3n3c(C)cc(C)c23)c1. The molecule has 0 unspecified atom stereocenters. The number of benzene rings is 6. The van der Waals surface area contributed by atoms with E-state index in [1.807, 2.05) is 30.3 Å². The molecule has 0 saturated heterocycles. The van der Waals surface area contributed by atoms with E-state index in [0.717, 1.165) is 99.3 Å². The Morgan fingerprint density at radius 1 is 0.647 bits per heavy atom. The van der Waals surface area contributed by atoms with Gasteiger partial charge in [-0.1, -0.05) is 95.1 Å². The smallest absolute Gasteiger partial charge is 0.171 e. The van der Waals surface area contributed by atoms with Gasteiger partial charge in [-0.15, -0.1) is 0 Å². The van der Waals surface area contributed by atoms with E-state index in [4.69, 9.17) is 9.72 Å². The van der Waals surface area contributed by atoms with Crippen LogP contribution in [0.3, 0.4) is 0 Å². The number of rotatable bonds is 7. The predicted octanol–water partition coefficient (Wildman–Crippen LogP) is 10.4. The Bertz CT molecular complexity index is 2590. The molecule has 0 spiro atoms. The average Bonchev–Trinajstić information content (AvgIpc) is 3.42. The van der Waals surface area contributed by atoms with Gasteiger partial charge in [0, 0.05) is 33.2 Å². The zero-order valence-electron chi connectivity index (χ0n) is 30.0. The lowest BCUT2D eigenvalue weighted by Gasteiger charge is -2.26. The molecule has 0 atom stereocenters. The van der Waals surface area contributed by atoms with Crippen LogP contribution in [-0.2, 0) is 11.2 Å². The number of nitrogens with zero attached hydrogens (tertiary/aromatic N) is 2. The van der Waals surface area contributed by atoms with Crippen molar-refractivity contribution in [3.05, 3.63) is 166 Å². The molecule has 4 nitrogen and oxygen atoms in total. The van der Waals surface area contributed by atoms with Gasteiger partial charge in [0.05, 0.1) is 22.2 Å². The standard InChI is InChI=1S/C46H41N2O2P/c1-29-20-30(2)23-38(22-29)51(49,39-24-31(3)21-32(4)25-39)43-19-16-36-14-10-11-15-40(36)44(43)45-46-33(5)26-34(6)48(46)42-27-37(17-18-41(42)47-45)50-28-35-12-8-7-9-13-35/h7-27H,28H2,1-6H3. The normalized spacial score (nSPS) is 11.9. The van der Waals surface area contributed by atoms with E-state index >= 15 is 4.57 Å². The fraction of sp³-hybridized carbons (Fsp3) is 0.152. The zero-order valence-corrected chi connectivity index (χ0v) is 30.9. The summed E-state index contributed by atoms with van der Waals surface area (Å²) >= 11 is 0. The van der Waals surface area contributed by atoms with E-state index in [0.29, 0.717) is 6.61 Å². The third-order valence-electron chi connectivity index (χ3n) is 9.89. The van der Waals surface area contributed by atoms with Crippen molar-refractivity contribution >= 4 is 50.4 Å². The van der Waals surface area contributed by atoms with Crippen LogP contribution in [0.4, 0.5) is 0 Å². The molecule has 51 heavy (non-hydrogen) atoms. The first-order chi connectivity index (χ1) is 24.6. The number of fused-ring (bicyclic) bond motifs is 4. The van der Waals surface area contributed by atoms with Crippen LogP contribution in [-0.4, -0.2) is 9.38 Å². The second kappa shape index (κ2) is 12.7. The molecular weight excluding hydrogens is 643 g/mol. The van der Waals surface area contributed by atoms with Gasteiger partial charge in [0.15, 0.2) is 7.14 Å². The van der Waals surface area contributed by atoms with E-state index in [1.165, 1.54) is 0 Å². The summed E-state index contributed by atoms with van der Waals surface area (Å²) in [5.41, 5.74) is 12.2. The van der Waals surface area contributed by atoms with E-state index in [2.05, 4.69) is 143 Å². The molecule has 2 heterocycles. The van der Waals surface area contributed by atoms with Crippen LogP contribution in [0, 0.1) is 41.5 Å². The average molecular weight is 685 g/mol. The highest BCUT2D eigenvalue weighted by Crippen LogP contribution is 2.48. The summed E-state index contributed by atoms with van der Waals surface area (Å²) in [6.07, 6.45) is 0. The minimum atomic E-state index is -3.45. The molecule has 2 aromatic heterocycles. The van der Waals surface area contributed by atoms with Gasteiger partial charge in [0.2, 0.25) is 0 Å². The monoisotopic (exact) mass is 684 g/mol. The first kappa shape index (κ1) is 32.7. The highest BCUT2D eigenvalue weighted by atomic mass is 31.2. The third kappa shape index (κ3) is 5.74. The summed E-state index contributed by atoms with van der Waals surface area (Å²) in [6, 6.07) is 43.9. The van der Waals surface area contributed by atoms with E-state index < -0.39 is 7.14 Å². The maximum Gasteiger partial charge on any atom is 0.171 e. The summed E-state index contributed by atoms with van der Waals surface area (Å²) in [4.78, 5) is 5.49. The molecule has 0 fully saturated rings. The lowest BCUT2D eigenvalue weighted by molar-refractivity contribution is 0.306. The molecule has 0 bridgehead atoms. The fourth-order valence-corrected chi connectivity index (χ4v) is 11.0. The maximum atomic E-state index is 16.5. The third-order valence-corrected chi connectivity index (χ3v) is 12.9. The van der Waals surface area contributed by atoms with Crippen LogP contribution in [0.2, 0.25) is 0 Å². The second-order valence-corrected chi connectivity index (χ2v) is 16.8. The van der Waals surface area contributed by atoms with Crippen molar-refractivity contribution in [3.63, 3.8) is 0 Å². The van der Waals surface area contributed by atoms with Gasteiger partial charge in [-0.25, -0.2) is 4.98 Å². The Morgan fingerprint density at radius 3 is 1.94 bits per heavy atom. The van der Waals surface area contributed by atoms with Gasteiger partial charge >= 0.3 is 0 Å². The number of aromatic nitrogens is 2. The molecular formula is C46H41N2O2P. The topological polar surface area (TPSA) is 43.6 Å². The minimum Gasteiger partial charge on any atom is -0.489 e. The number of hydrogen-bond acceptors (Lipinski definition) is 3. The van der Waals surface area contributed by atoms with Gasteiger partial charge in [-0.2, -0.15) is 0 Å². The summed E-state index contributed by atoms with van der Waals surface area (Å²) in [5.74, 6) is 0.785. The van der Waals surface area contributed by atoms with Gasteiger partial charge in [-0.05, 0) is 112 Å². The number of ether oxygens (including phenoxy) is 1. The highest BCUT2D eigenvalue weighted by molar-refractivity contribution is 7.85. The molecule has 0 N–H and O–H groups in total. The molecule has 8 aromatic rings. The molecule has 0 amide bonds. The lowest BCUT2D eigenvalue weighted by atomic mass is 10.00. The van der Waals surface area contributed by atoms with Crippen molar-refractivity contribution in [1.29, 1.82) is 0 Å². The number of hydrogen-bond donors (Lipinski definition) is 0. The van der Waals surface area contributed by atoms with Crippen LogP contribution >= 0.6 is 7.14 Å². The molecule has 6 aromatic carbocycles. The largest absolute Gasteiger partial charge is 0.489 e. The van der Waals surface area contributed by atoms with Crippen LogP contribution in [0.5, 0.6) is 5.75 Å². The summed E-state index contributed by atoms with van der Waals surface area (Å²) < 4.78 is 25.1. The Balaban J connectivity index is 1.45. The van der Waals surface area contributed by atoms with Crippen molar-refractivity contribution in [2.24, 2.45) is 0 Å². The Hall–Kier alpha value is -5.44.